The highest BCUT2D eigenvalue weighted by molar-refractivity contribution is 5.80. The van der Waals surface area contributed by atoms with E-state index in [0.29, 0.717) is 0 Å². The lowest BCUT2D eigenvalue weighted by atomic mass is 10.0. The zero-order valence-electron chi connectivity index (χ0n) is 15.7. The van der Waals surface area contributed by atoms with Crippen molar-refractivity contribution >= 4 is 11.9 Å². The van der Waals surface area contributed by atoms with Crippen LogP contribution in [0.15, 0.2) is 18.2 Å². The Hall–Kier alpha value is -2.28. The number of hydrogen-bond acceptors (Lipinski definition) is 5. The Morgan fingerprint density at radius 2 is 1.73 bits per heavy atom. The van der Waals surface area contributed by atoms with Crippen molar-refractivity contribution in [2.75, 3.05) is 34.4 Å². The molecular formula is C19H28N2O5. The maximum Gasteiger partial charge on any atom is 0.303 e. The summed E-state index contributed by atoms with van der Waals surface area (Å²) in [5.41, 5.74) is 1.03. The third kappa shape index (κ3) is 5.11. The zero-order chi connectivity index (χ0) is 19.1. The minimum atomic E-state index is -0.938. The Morgan fingerprint density at radius 3 is 2.23 bits per heavy atom. The highest BCUT2D eigenvalue weighted by Crippen LogP contribution is 2.30. The van der Waals surface area contributed by atoms with Crippen molar-refractivity contribution in [1.29, 1.82) is 0 Å². The van der Waals surface area contributed by atoms with Crippen LogP contribution in [-0.4, -0.2) is 67.2 Å². The smallest absolute Gasteiger partial charge is 0.303 e. The van der Waals surface area contributed by atoms with Gasteiger partial charge in [0.05, 0.1) is 26.2 Å². The van der Waals surface area contributed by atoms with Crippen LogP contribution >= 0.6 is 0 Å². The molecule has 1 aromatic carbocycles. The fourth-order valence-electron chi connectivity index (χ4n) is 3.37. The van der Waals surface area contributed by atoms with Gasteiger partial charge in [-0.3, -0.25) is 14.5 Å². The Balaban J connectivity index is 1.91. The van der Waals surface area contributed by atoms with Crippen LogP contribution in [0.4, 0.5) is 0 Å². The van der Waals surface area contributed by atoms with Crippen LogP contribution in [0.25, 0.3) is 0 Å². The molecule has 1 N–H and O–H groups in total. The molecule has 0 bridgehead atoms. The van der Waals surface area contributed by atoms with Gasteiger partial charge in [-0.25, -0.2) is 0 Å². The molecule has 0 aliphatic carbocycles. The summed E-state index contributed by atoms with van der Waals surface area (Å²) in [4.78, 5) is 26.8. The second-order valence-electron chi connectivity index (χ2n) is 6.55. The van der Waals surface area contributed by atoms with Gasteiger partial charge in [0, 0.05) is 39.1 Å². The summed E-state index contributed by atoms with van der Waals surface area (Å²) in [5.74, 6) is 0.587. The van der Waals surface area contributed by atoms with E-state index < -0.39 is 5.97 Å². The number of carbonyl (C=O) groups excluding carboxylic acids is 1. The molecule has 1 heterocycles. The Kier molecular flexibility index (Phi) is 7.26. The fourth-order valence-corrected chi connectivity index (χ4v) is 3.37. The number of aliphatic carboxylic acids is 1. The van der Waals surface area contributed by atoms with Gasteiger partial charge in [0.15, 0.2) is 0 Å². The van der Waals surface area contributed by atoms with E-state index in [1.54, 1.807) is 26.2 Å². The van der Waals surface area contributed by atoms with Gasteiger partial charge in [-0.15, -0.1) is 0 Å². The minimum absolute atomic E-state index is 0.0600. The number of carbonyl (C=O) groups is 2. The first-order chi connectivity index (χ1) is 12.5. The van der Waals surface area contributed by atoms with E-state index in [1.165, 1.54) is 0 Å². The molecule has 7 nitrogen and oxygen atoms in total. The maximum atomic E-state index is 12.1. The topological polar surface area (TPSA) is 79.3 Å². The largest absolute Gasteiger partial charge is 0.496 e. The molecule has 0 spiro atoms. The fraction of sp³-hybridized carbons (Fsp3) is 0.579. The summed E-state index contributed by atoms with van der Waals surface area (Å²) in [6.07, 6.45) is 1.68. The Bertz CT molecular complexity index is 604. The summed E-state index contributed by atoms with van der Waals surface area (Å²) in [6.45, 7) is 2.46. The molecule has 0 aromatic heterocycles. The van der Waals surface area contributed by atoms with Crippen LogP contribution in [0.1, 0.15) is 31.2 Å². The third-order valence-electron chi connectivity index (χ3n) is 4.96. The number of rotatable bonds is 8. The molecule has 26 heavy (non-hydrogen) atoms. The molecule has 1 amide bonds. The number of ether oxygens (including phenoxy) is 2. The van der Waals surface area contributed by atoms with Crippen LogP contribution in [0, 0.1) is 0 Å². The quantitative estimate of drug-likeness (QED) is 0.760. The predicted molar refractivity (Wildman–Crippen MR) is 97.5 cm³/mol. The lowest BCUT2D eigenvalue weighted by Gasteiger charge is -2.37. The summed E-state index contributed by atoms with van der Waals surface area (Å²) in [6, 6.07) is 5.93. The van der Waals surface area contributed by atoms with Gasteiger partial charge in [-0.2, -0.15) is 0 Å². The molecule has 0 unspecified atom stereocenters. The van der Waals surface area contributed by atoms with Gasteiger partial charge in [-0.05, 0) is 25.0 Å². The number of benzene rings is 1. The number of methoxy groups -OCH3 is 2. The zero-order valence-corrected chi connectivity index (χ0v) is 15.7. The van der Waals surface area contributed by atoms with Crippen molar-refractivity contribution in [1.82, 2.24) is 9.80 Å². The number of carboxylic acid groups (broad SMARTS) is 1. The summed E-state index contributed by atoms with van der Waals surface area (Å²) in [7, 11) is 5.08. The van der Waals surface area contributed by atoms with Crippen LogP contribution in [0.3, 0.4) is 0 Å². The number of nitrogens with zero attached hydrogens (tertiary/aromatic N) is 2. The minimum Gasteiger partial charge on any atom is -0.496 e. The van der Waals surface area contributed by atoms with Crippen molar-refractivity contribution in [3.8, 4) is 11.5 Å². The molecule has 0 saturated carbocycles. The van der Waals surface area contributed by atoms with E-state index in [9.17, 15) is 9.59 Å². The van der Waals surface area contributed by atoms with Crippen LogP contribution in [0.5, 0.6) is 11.5 Å². The van der Waals surface area contributed by atoms with E-state index in [-0.39, 0.29) is 24.8 Å². The van der Waals surface area contributed by atoms with Crippen molar-refractivity contribution in [2.24, 2.45) is 0 Å². The van der Waals surface area contributed by atoms with E-state index >= 15 is 0 Å². The van der Waals surface area contributed by atoms with Gasteiger partial charge >= 0.3 is 5.97 Å². The average Bonchev–Trinajstić information content (AvgIpc) is 2.66. The van der Waals surface area contributed by atoms with Crippen LogP contribution in [-0.2, 0) is 16.1 Å². The molecule has 0 radical (unpaired) electrons. The molecule has 1 fully saturated rings. The number of piperidine rings is 1. The number of carboxylic acids is 1. The van der Waals surface area contributed by atoms with Crippen LogP contribution < -0.4 is 9.47 Å². The van der Waals surface area contributed by atoms with Gasteiger partial charge in [-0.1, -0.05) is 6.07 Å². The normalized spacial score (nSPS) is 15.5. The third-order valence-corrected chi connectivity index (χ3v) is 4.96. The molecule has 1 aliphatic heterocycles. The van der Waals surface area contributed by atoms with E-state index in [2.05, 4.69) is 4.90 Å². The summed E-state index contributed by atoms with van der Waals surface area (Å²) in [5, 5.41) is 8.72. The van der Waals surface area contributed by atoms with E-state index in [4.69, 9.17) is 14.6 Å². The van der Waals surface area contributed by atoms with Gasteiger partial charge in [0.2, 0.25) is 5.91 Å². The summed E-state index contributed by atoms with van der Waals surface area (Å²) >= 11 is 0. The predicted octanol–water partition coefficient (Wildman–Crippen LogP) is 1.99. The lowest BCUT2D eigenvalue weighted by molar-refractivity contribution is -0.141. The number of likely N-dealkylation sites (tertiary alicyclic amines) is 1. The van der Waals surface area contributed by atoms with Crippen molar-refractivity contribution in [3.05, 3.63) is 23.8 Å². The first-order valence-electron chi connectivity index (χ1n) is 8.86. The van der Waals surface area contributed by atoms with E-state index in [0.717, 1.165) is 49.5 Å². The molecule has 1 saturated heterocycles. The molecule has 0 atom stereocenters. The van der Waals surface area contributed by atoms with Gasteiger partial charge in [0.25, 0.3) is 0 Å². The standard InChI is InChI=1S/C19H28N2O5/c1-20(18(22)7-8-19(23)24)14-9-11-21(12-10-14)13-15-16(25-2)5-4-6-17(15)26-3/h4-6,14H,7-13H2,1-3H3,(H,23,24). The highest BCUT2D eigenvalue weighted by atomic mass is 16.5. The van der Waals surface area contributed by atoms with Gasteiger partial charge in [0.1, 0.15) is 11.5 Å². The van der Waals surface area contributed by atoms with Crippen LogP contribution in [0.2, 0.25) is 0 Å². The monoisotopic (exact) mass is 364 g/mol. The maximum absolute atomic E-state index is 12.1. The second-order valence-corrected chi connectivity index (χ2v) is 6.55. The SMILES string of the molecule is COc1cccc(OC)c1CN1CCC(N(C)C(=O)CCC(=O)O)CC1. The molecule has 2 rings (SSSR count). The first kappa shape index (κ1) is 20.0. The number of amides is 1. The molecule has 144 valence electrons. The lowest BCUT2D eigenvalue weighted by Crippen LogP contribution is -2.45. The second kappa shape index (κ2) is 9.43. The first-order valence-corrected chi connectivity index (χ1v) is 8.86. The van der Waals surface area contributed by atoms with E-state index in [1.807, 2.05) is 18.2 Å². The molecule has 7 heteroatoms. The highest BCUT2D eigenvalue weighted by Gasteiger charge is 2.26. The summed E-state index contributed by atoms with van der Waals surface area (Å²) < 4.78 is 10.9. The van der Waals surface area contributed by atoms with Crippen molar-refractivity contribution < 1.29 is 24.2 Å². The van der Waals surface area contributed by atoms with Crippen molar-refractivity contribution in [3.63, 3.8) is 0 Å². The van der Waals surface area contributed by atoms with Crippen molar-refractivity contribution in [2.45, 2.75) is 38.3 Å². The number of hydrogen-bond donors (Lipinski definition) is 1. The molecular weight excluding hydrogens is 336 g/mol. The average molecular weight is 364 g/mol. The Labute approximate surface area is 154 Å². The molecule has 1 aromatic rings. The van der Waals surface area contributed by atoms with Gasteiger partial charge < -0.3 is 19.5 Å². The molecule has 1 aliphatic rings. The Morgan fingerprint density at radius 1 is 1.15 bits per heavy atom.